The fourth-order valence-corrected chi connectivity index (χ4v) is 5.65. The van der Waals surface area contributed by atoms with Crippen LogP contribution in [0.3, 0.4) is 0 Å². The second-order valence-electron chi connectivity index (χ2n) is 9.61. The van der Waals surface area contributed by atoms with Crippen LogP contribution in [0.15, 0.2) is 134 Å². The molecule has 8 rings (SSSR count). The molecule has 0 spiro atoms. The molecule has 38 heavy (non-hydrogen) atoms. The van der Waals surface area contributed by atoms with Crippen molar-refractivity contribution in [2.45, 2.75) is 0 Å². The highest BCUT2D eigenvalue weighted by Gasteiger charge is 2.17. The maximum Gasteiger partial charge on any atom is 0.234 e. The van der Waals surface area contributed by atoms with E-state index in [1.807, 2.05) is 30.6 Å². The van der Waals surface area contributed by atoms with Gasteiger partial charge in [0, 0.05) is 51.4 Å². The summed E-state index contributed by atoms with van der Waals surface area (Å²) in [6.45, 7) is 0. The Balaban J connectivity index is 1.40. The van der Waals surface area contributed by atoms with E-state index in [4.69, 9.17) is 9.97 Å². The number of para-hydroxylation sites is 2. The number of benzene rings is 5. The fourth-order valence-electron chi connectivity index (χ4n) is 5.65. The summed E-state index contributed by atoms with van der Waals surface area (Å²) in [5, 5.41) is 5.97. The van der Waals surface area contributed by atoms with E-state index in [2.05, 4.69) is 112 Å². The number of hydrogen-bond donors (Lipinski definition) is 0. The zero-order chi connectivity index (χ0) is 25.1. The molecule has 0 unspecified atom stereocenters. The molecule has 8 aromatic rings. The average Bonchev–Trinajstić information content (AvgIpc) is 3.56. The lowest BCUT2D eigenvalue weighted by Gasteiger charge is -2.10. The molecule has 0 aliphatic carbocycles. The van der Waals surface area contributed by atoms with Crippen LogP contribution in [-0.2, 0) is 0 Å². The van der Waals surface area contributed by atoms with Crippen molar-refractivity contribution in [3.63, 3.8) is 0 Å². The Morgan fingerprint density at radius 3 is 2.05 bits per heavy atom. The topological polar surface area (TPSA) is 35.6 Å². The molecule has 3 heterocycles. The van der Waals surface area contributed by atoms with Gasteiger partial charge >= 0.3 is 0 Å². The SMILES string of the molecule is c1ccc(-c2cnc(-n3c4ccccc4c4ccc5cc6c(ccn6-c6ccccc6)cc5c43)nc2)cc1. The second kappa shape index (κ2) is 8.15. The Labute approximate surface area is 219 Å². The van der Waals surface area contributed by atoms with E-state index < -0.39 is 0 Å². The summed E-state index contributed by atoms with van der Waals surface area (Å²) in [5.41, 5.74) is 6.69. The molecule has 5 aromatic carbocycles. The van der Waals surface area contributed by atoms with E-state index in [0.29, 0.717) is 5.95 Å². The molecular weight excluding hydrogens is 464 g/mol. The average molecular weight is 487 g/mol. The minimum atomic E-state index is 0.672. The lowest BCUT2D eigenvalue weighted by atomic mass is 10.0. The maximum absolute atomic E-state index is 4.86. The van der Waals surface area contributed by atoms with Gasteiger partial charge in [-0.25, -0.2) is 9.97 Å². The molecule has 4 heteroatoms. The smallest absolute Gasteiger partial charge is 0.234 e. The standard InChI is InChI=1S/C34H22N4/c1-3-9-23(10-4-1)26-21-35-34(36-22-26)38-31-14-8-7-13-28(31)29-16-15-24-20-32-25(19-30(24)33(29)38)17-18-37(32)27-11-5-2-6-12-27/h1-22H. The van der Waals surface area contributed by atoms with Crippen molar-refractivity contribution in [2.24, 2.45) is 0 Å². The van der Waals surface area contributed by atoms with Crippen LogP contribution in [0.5, 0.6) is 0 Å². The molecule has 0 radical (unpaired) electrons. The second-order valence-corrected chi connectivity index (χ2v) is 9.61. The summed E-state index contributed by atoms with van der Waals surface area (Å²) >= 11 is 0. The van der Waals surface area contributed by atoms with Crippen LogP contribution in [0.2, 0.25) is 0 Å². The Bertz CT molecular complexity index is 2100. The first kappa shape index (κ1) is 20.9. The number of aromatic nitrogens is 4. The van der Waals surface area contributed by atoms with Crippen molar-refractivity contribution in [2.75, 3.05) is 0 Å². The Hall–Kier alpha value is -5.22. The number of rotatable bonds is 3. The molecular formula is C34H22N4. The lowest BCUT2D eigenvalue weighted by Crippen LogP contribution is -2.01. The summed E-state index contributed by atoms with van der Waals surface area (Å²) < 4.78 is 4.46. The minimum Gasteiger partial charge on any atom is -0.317 e. The third-order valence-electron chi connectivity index (χ3n) is 7.44. The maximum atomic E-state index is 4.86. The van der Waals surface area contributed by atoms with Crippen LogP contribution in [0.4, 0.5) is 0 Å². The number of nitrogens with zero attached hydrogens (tertiary/aromatic N) is 4. The van der Waals surface area contributed by atoms with Crippen LogP contribution in [-0.4, -0.2) is 19.1 Å². The van der Waals surface area contributed by atoms with Crippen molar-refractivity contribution in [1.82, 2.24) is 19.1 Å². The highest BCUT2D eigenvalue weighted by atomic mass is 15.1. The molecule has 0 fully saturated rings. The van der Waals surface area contributed by atoms with E-state index in [9.17, 15) is 0 Å². The summed E-state index contributed by atoms with van der Waals surface area (Å²) in [4.78, 5) is 9.72. The zero-order valence-corrected chi connectivity index (χ0v) is 20.5. The molecule has 0 bridgehead atoms. The van der Waals surface area contributed by atoms with Crippen molar-refractivity contribution >= 4 is 43.5 Å². The van der Waals surface area contributed by atoms with E-state index in [1.54, 1.807) is 0 Å². The summed E-state index contributed by atoms with van der Waals surface area (Å²) in [6.07, 6.45) is 5.99. The fraction of sp³-hybridized carbons (Fsp3) is 0. The highest BCUT2D eigenvalue weighted by Crippen LogP contribution is 2.37. The van der Waals surface area contributed by atoms with Crippen molar-refractivity contribution in [3.05, 3.63) is 134 Å². The minimum absolute atomic E-state index is 0.672. The van der Waals surface area contributed by atoms with Crippen LogP contribution in [0.1, 0.15) is 0 Å². The third-order valence-corrected chi connectivity index (χ3v) is 7.44. The summed E-state index contributed by atoms with van der Waals surface area (Å²) in [6, 6.07) is 40.5. The van der Waals surface area contributed by atoms with Gasteiger partial charge in [-0.3, -0.25) is 4.57 Å². The normalized spacial score (nSPS) is 11.7. The van der Waals surface area contributed by atoms with E-state index in [-0.39, 0.29) is 0 Å². The Kier molecular flexibility index (Phi) is 4.49. The van der Waals surface area contributed by atoms with Crippen LogP contribution >= 0.6 is 0 Å². The van der Waals surface area contributed by atoms with Gasteiger partial charge in [0.2, 0.25) is 5.95 Å². The predicted octanol–water partition coefficient (Wildman–Crippen LogP) is 8.34. The lowest BCUT2D eigenvalue weighted by molar-refractivity contribution is 0.992. The van der Waals surface area contributed by atoms with Gasteiger partial charge in [-0.1, -0.05) is 78.9 Å². The largest absolute Gasteiger partial charge is 0.317 e. The van der Waals surface area contributed by atoms with Crippen molar-refractivity contribution < 1.29 is 0 Å². The molecule has 0 saturated heterocycles. The number of fused-ring (bicyclic) bond motifs is 6. The quantitative estimate of drug-likeness (QED) is 0.252. The summed E-state index contributed by atoms with van der Waals surface area (Å²) in [7, 11) is 0. The molecule has 0 N–H and O–H groups in total. The van der Waals surface area contributed by atoms with Crippen LogP contribution in [0, 0.1) is 0 Å². The molecule has 0 aliphatic rings. The van der Waals surface area contributed by atoms with Gasteiger partial charge in [0.05, 0.1) is 16.6 Å². The van der Waals surface area contributed by atoms with Crippen LogP contribution < -0.4 is 0 Å². The van der Waals surface area contributed by atoms with E-state index >= 15 is 0 Å². The predicted molar refractivity (Wildman–Crippen MR) is 156 cm³/mol. The monoisotopic (exact) mass is 486 g/mol. The van der Waals surface area contributed by atoms with Gasteiger partial charge in [-0.15, -0.1) is 0 Å². The molecule has 178 valence electrons. The first-order valence-corrected chi connectivity index (χ1v) is 12.8. The van der Waals surface area contributed by atoms with E-state index in [0.717, 1.165) is 27.8 Å². The van der Waals surface area contributed by atoms with E-state index in [1.165, 1.54) is 32.4 Å². The Morgan fingerprint density at radius 2 is 1.24 bits per heavy atom. The molecule has 0 amide bonds. The van der Waals surface area contributed by atoms with Gasteiger partial charge in [-0.05, 0) is 47.3 Å². The van der Waals surface area contributed by atoms with Gasteiger partial charge in [-0.2, -0.15) is 0 Å². The molecule has 4 nitrogen and oxygen atoms in total. The van der Waals surface area contributed by atoms with Gasteiger partial charge in [0.1, 0.15) is 0 Å². The van der Waals surface area contributed by atoms with Crippen molar-refractivity contribution in [3.8, 4) is 22.8 Å². The van der Waals surface area contributed by atoms with Crippen LogP contribution in [0.25, 0.3) is 66.2 Å². The zero-order valence-electron chi connectivity index (χ0n) is 20.5. The Morgan fingerprint density at radius 1 is 0.500 bits per heavy atom. The van der Waals surface area contributed by atoms with Gasteiger partial charge in [0.15, 0.2) is 0 Å². The highest BCUT2D eigenvalue weighted by molar-refractivity contribution is 6.20. The summed E-state index contributed by atoms with van der Waals surface area (Å²) in [5.74, 6) is 0.672. The van der Waals surface area contributed by atoms with Crippen molar-refractivity contribution in [1.29, 1.82) is 0 Å². The first-order chi connectivity index (χ1) is 18.8. The molecule has 0 atom stereocenters. The molecule has 3 aromatic heterocycles. The first-order valence-electron chi connectivity index (χ1n) is 12.8. The molecule has 0 aliphatic heterocycles. The molecule has 0 saturated carbocycles. The number of hydrogen-bond acceptors (Lipinski definition) is 2. The third kappa shape index (κ3) is 3.10. The van der Waals surface area contributed by atoms with Gasteiger partial charge in [0.25, 0.3) is 0 Å². The van der Waals surface area contributed by atoms with Gasteiger partial charge < -0.3 is 4.57 Å².